The molecule has 0 amide bonds. The van der Waals surface area contributed by atoms with Crippen molar-refractivity contribution in [2.24, 2.45) is 5.84 Å². The van der Waals surface area contributed by atoms with Crippen LogP contribution >= 0.6 is 0 Å². The van der Waals surface area contributed by atoms with E-state index in [1.807, 2.05) is 6.92 Å². The number of hydrogen-bond acceptors (Lipinski definition) is 5. The van der Waals surface area contributed by atoms with E-state index >= 15 is 0 Å². The zero-order valence-electron chi connectivity index (χ0n) is 5.55. The molecule has 0 radical (unpaired) electrons. The molecule has 0 aromatic carbocycles. The Balaban J connectivity index is 2.75. The van der Waals surface area contributed by atoms with E-state index in [4.69, 9.17) is 5.84 Å². The van der Waals surface area contributed by atoms with E-state index in [1.54, 1.807) is 0 Å². The van der Waals surface area contributed by atoms with Crippen LogP contribution in [0.1, 0.15) is 6.92 Å². The number of nitrogens with zero attached hydrogens (tertiary/aromatic N) is 1. The lowest BCUT2D eigenvalue weighted by Gasteiger charge is -2.21. The molecule has 0 heterocycles. The summed E-state index contributed by atoms with van der Waals surface area (Å²) < 4.78 is 0. The Labute approximate surface area is 54.7 Å². The van der Waals surface area contributed by atoms with Crippen LogP contribution in [0.2, 0.25) is 0 Å². The van der Waals surface area contributed by atoms with E-state index in [9.17, 15) is 5.21 Å². The first-order chi connectivity index (χ1) is 4.27. The van der Waals surface area contributed by atoms with Crippen LogP contribution in [0.3, 0.4) is 0 Å². The highest BCUT2D eigenvalue weighted by molar-refractivity contribution is 4.45. The van der Waals surface area contributed by atoms with Crippen LogP contribution in [0.25, 0.3) is 0 Å². The average molecular weight is 133 g/mol. The Morgan fingerprint density at radius 3 is 2.67 bits per heavy atom. The van der Waals surface area contributed by atoms with Gasteiger partial charge >= 0.3 is 0 Å². The third-order valence-electron chi connectivity index (χ3n) is 0.819. The molecule has 0 saturated carbocycles. The lowest BCUT2D eigenvalue weighted by molar-refractivity contribution is 0.281. The van der Waals surface area contributed by atoms with Crippen molar-refractivity contribution < 1.29 is 0 Å². The maximum atomic E-state index is 9.96. The molecule has 0 fully saturated rings. The maximum Gasteiger partial charge on any atom is 0.0231 e. The van der Waals surface area contributed by atoms with E-state index in [2.05, 4.69) is 10.7 Å². The normalized spacial score (nSPS) is 10.7. The van der Waals surface area contributed by atoms with Gasteiger partial charge in [-0.3, -0.25) is 16.5 Å². The molecular weight excluding hydrogens is 120 g/mol. The van der Waals surface area contributed by atoms with Gasteiger partial charge in [0.15, 0.2) is 0 Å². The lowest BCUT2D eigenvalue weighted by Crippen LogP contribution is -2.42. The summed E-state index contributed by atoms with van der Waals surface area (Å²) in [5, 5.41) is 13.2. The third kappa shape index (κ3) is 7.80. The van der Waals surface area contributed by atoms with Crippen molar-refractivity contribution in [3.05, 3.63) is 5.21 Å². The molecule has 5 heteroatoms. The molecule has 0 aliphatic heterocycles. The molecule has 0 bridgehead atoms. The molecule has 0 rings (SSSR count). The van der Waals surface area contributed by atoms with Crippen molar-refractivity contribution in [1.29, 1.82) is 0 Å². The molecule has 0 aromatic rings. The van der Waals surface area contributed by atoms with Gasteiger partial charge in [0.2, 0.25) is 0 Å². The highest BCUT2D eigenvalue weighted by Crippen LogP contribution is 1.59. The molecule has 0 spiro atoms. The fourth-order valence-electron chi connectivity index (χ4n) is 0.431. The summed E-state index contributed by atoms with van der Waals surface area (Å²) in [5.41, 5.74) is 2.37. The summed E-state index contributed by atoms with van der Waals surface area (Å²) >= 11 is 0. The smallest absolute Gasteiger partial charge is 0.0231 e. The van der Waals surface area contributed by atoms with E-state index < -0.39 is 0 Å². The van der Waals surface area contributed by atoms with Gasteiger partial charge in [0.25, 0.3) is 0 Å². The third-order valence-corrected chi connectivity index (χ3v) is 0.819. The van der Waals surface area contributed by atoms with Crippen molar-refractivity contribution in [3.8, 4) is 0 Å². The first-order valence-corrected chi connectivity index (χ1v) is 2.93. The summed E-state index contributed by atoms with van der Waals surface area (Å²) in [6, 6.07) is 0. The summed E-state index contributed by atoms with van der Waals surface area (Å²) in [6.45, 7) is 4.22. The van der Waals surface area contributed by atoms with Crippen molar-refractivity contribution in [3.63, 3.8) is 0 Å². The second kappa shape index (κ2) is 5.93. The number of hydrazine groups is 2. The Hall–Kier alpha value is -0.200. The van der Waals surface area contributed by atoms with E-state index in [0.29, 0.717) is 6.54 Å². The number of nitrogens with one attached hydrogen (secondary N) is 2. The molecule has 0 unspecified atom stereocenters. The predicted molar refractivity (Wildman–Crippen MR) is 35.9 cm³/mol. The fourth-order valence-corrected chi connectivity index (χ4v) is 0.431. The van der Waals surface area contributed by atoms with Gasteiger partial charge in [-0.1, -0.05) is 6.92 Å². The van der Waals surface area contributed by atoms with Crippen LogP contribution in [-0.2, 0) is 0 Å². The summed E-state index contributed by atoms with van der Waals surface area (Å²) in [5.74, 6) is 4.71. The van der Waals surface area contributed by atoms with Gasteiger partial charge in [-0.15, -0.1) is 0 Å². The monoisotopic (exact) mass is 133 g/mol. The maximum absolute atomic E-state index is 9.96. The predicted octanol–water partition coefficient (Wildman–Crippen LogP) is -1.23. The van der Waals surface area contributed by atoms with Gasteiger partial charge < -0.3 is 10.5 Å². The van der Waals surface area contributed by atoms with Crippen molar-refractivity contribution in [2.75, 3.05) is 19.6 Å². The van der Waals surface area contributed by atoms with Gasteiger partial charge in [0.05, 0.1) is 0 Å². The second-order valence-corrected chi connectivity index (χ2v) is 1.59. The summed E-state index contributed by atoms with van der Waals surface area (Å²) in [4.78, 5) is 0. The van der Waals surface area contributed by atoms with Crippen LogP contribution in [0.5, 0.6) is 0 Å². The fraction of sp³-hybridized carbons (Fsp3) is 1.00. The first-order valence-electron chi connectivity index (χ1n) is 2.93. The van der Waals surface area contributed by atoms with Gasteiger partial charge in [-0.2, -0.15) is 0 Å². The number of rotatable bonds is 5. The van der Waals surface area contributed by atoms with Crippen LogP contribution in [0.15, 0.2) is 0 Å². The van der Waals surface area contributed by atoms with Crippen LogP contribution in [-0.4, -0.2) is 24.9 Å². The van der Waals surface area contributed by atoms with Gasteiger partial charge in [-0.25, -0.2) is 0 Å². The largest absolute Gasteiger partial charge is 0.758 e. The molecule has 0 aliphatic carbocycles. The van der Waals surface area contributed by atoms with Crippen LogP contribution in [0, 0.1) is 5.21 Å². The van der Waals surface area contributed by atoms with Crippen LogP contribution in [0.4, 0.5) is 0 Å². The minimum atomic E-state index is 0.206. The highest BCUT2D eigenvalue weighted by Gasteiger charge is 1.81. The molecule has 0 aliphatic rings. The molecule has 5 nitrogen and oxygen atoms in total. The highest BCUT2D eigenvalue weighted by atomic mass is 16.6. The number of nitrogens with two attached hydrogens (primary N) is 1. The van der Waals surface area contributed by atoms with Gasteiger partial charge in [0, 0.05) is 13.1 Å². The minimum Gasteiger partial charge on any atom is -0.758 e. The number of likely N-dealkylation sites (N-methyl/N-ethyl adjacent to an activating group) is 1. The van der Waals surface area contributed by atoms with E-state index in [1.165, 1.54) is 0 Å². The molecule has 0 atom stereocenters. The van der Waals surface area contributed by atoms with Crippen molar-refractivity contribution >= 4 is 0 Å². The Morgan fingerprint density at radius 2 is 2.22 bits per heavy atom. The molecular formula is C4H13N4O-. The average Bonchev–Trinajstić information content (AvgIpc) is 1.80. The van der Waals surface area contributed by atoms with Gasteiger partial charge in [-0.05, 0) is 6.54 Å². The van der Waals surface area contributed by atoms with Gasteiger partial charge in [0.1, 0.15) is 0 Å². The standard InChI is InChI=1S/C4H13N4O/c1-2-6-3-4-7-8(5)9/h6-7H,2-5H2,1H3/q-1. The van der Waals surface area contributed by atoms with Crippen molar-refractivity contribution in [2.45, 2.75) is 6.92 Å². The second-order valence-electron chi connectivity index (χ2n) is 1.59. The molecule has 0 aromatic heterocycles. The summed E-state index contributed by atoms with van der Waals surface area (Å²) in [6.07, 6.45) is 0. The lowest BCUT2D eigenvalue weighted by atomic mass is 10.6. The zero-order valence-corrected chi connectivity index (χ0v) is 5.55. The molecule has 0 saturated heterocycles. The first kappa shape index (κ1) is 8.80. The number of hydrogen-bond donors (Lipinski definition) is 3. The Bertz CT molecular complexity index is 58.5. The molecule has 4 N–H and O–H groups in total. The van der Waals surface area contributed by atoms with E-state index in [-0.39, 0.29) is 5.28 Å². The summed E-state index contributed by atoms with van der Waals surface area (Å²) in [7, 11) is 0. The Morgan fingerprint density at radius 1 is 1.56 bits per heavy atom. The van der Waals surface area contributed by atoms with Crippen LogP contribution < -0.4 is 16.6 Å². The van der Waals surface area contributed by atoms with E-state index in [0.717, 1.165) is 13.1 Å². The molecule has 9 heavy (non-hydrogen) atoms. The zero-order chi connectivity index (χ0) is 7.11. The minimum absolute atomic E-state index is 0.206. The SMILES string of the molecule is CCNCCNN(N)[O-]. The van der Waals surface area contributed by atoms with Crippen molar-refractivity contribution in [1.82, 2.24) is 16.0 Å². The quantitative estimate of drug-likeness (QED) is 0.249. The topological polar surface area (TPSA) is 76.4 Å². The molecule has 56 valence electrons. The Kier molecular flexibility index (Phi) is 5.80.